The van der Waals surface area contributed by atoms with Gasteiger partial charge in [-0.1, -0.05) is 18.6 Å². The molecule has 1 aliphatic heterocycles. The van der Waals surface area contributed by atoms with E-state index in [4.69, 9.17) is 27.4 Å². The average molecular weight is 539 g/mol. The molecule has 5 aromatic rings. The fourth-order valence-electron chi connectivity index (χ4n) is 4.76. The molecule has 5 heterocycles. The highest BCUT2D eigenvalue weighted by Gasteiger charge is 2.32. The molecule has 1 unspecified atom stereocenters. The highest BCUT2D eigenvalue weighted by Crippen LogP contribution is 2.44. The van der Waals surface area contributed by atoms with Gasteiger partial charge in [-0.25, -0.2) is 14.4 Å². The van der Waals surface area contributed by atoms with Gasteiger partial charge in [-0.15, -0.1) is 11.3 Å². The van der Waals surface area contributed by atoms with E-state index in [9.17, 15) is 5.26 Å². The second kappa shape index (κ2) is 9.28. The number of anilines is 3. The summed E-state index contributed by atoms with van der Waals surface area (Å²) in [6, 6.07) is 13.1. The molecule has 0 fully saturated rings. The number of nitrogens with two attached hydrogens (primary N) is 2. The molecule has 12 heteroatoms. The van der Waals surface area contributed by atoms with Crippen LogP contribution in [0.5, 0.6) is 11.9 Å². The van der Waals surface area contributed by atoms with Crippen LogP contribution in [0.25, 0.3) is 32.2 Å². The summed E-state index contributed by atoms with van der Waals surface area (Å²) in [6.07, 6.45) is 8.00. The van der Waals surface area contributed by atoms with E-state index in [0.29, 0.717) is 28.2 Å². The average Bonchev–Trinajstić information content (AvgIpc) is 3.19. The fourth-order valence-corrected chi connectivity index (χ4v) is 5.71. The molecule has 1 atom stereocenters. The Labute approximate surface area is 225 Å². The highest BCUT2D eigenvalue weighted by molar-refractivity contribution is 7.23. The summed E-state index contributed by atoms with van der Waals surface area (Å²) in [5.41, 5.74) is 13.4. The Bertz CT molecular complexity index is 1880. The van der Waals surface area contributed by atoms with Crippen molar-refractivity contribution in [3.63, 3.8) is 0 Å². The number of ether oxygens (including phenoxy) is 2. The molecule has 6 rings (SSSR count). The van der Waals surface area contributed by atoms with E-state index in [1.165, 1.54) is 18.4 Å². The number of halogens is 1. The lowest BCUT2D eigenvalue weighted by molar-refractivity contribution is 0.284. The van der Waals surface area contributed by atoms with Crippen molar-refractivity contribution in [2.24, 2.45) is 0 Å². The lowest BCUT2D eigenvalue weighted by Gasteiger charge is -2.25. The van der Waals surface area contributed by atoms with Crippen LogP contribution >= 0.6 is 11.3 Å². The Balaban J connectivity index is 1.59. The quantitative estimate of drug-likeness (QED) is 0.323. The van der Waals surface area contributed by atoms with E-state index < -0.39 is 11.9 Å². The lowest BCUT2D eigenvalue weighted by Crippen LogP contribution is -2.37. The predicted molar refractivity (Wildman–Crippen MR) is 147 cm³/mol. The number of benzene rings is 1. The van der Waals surface area contributed by atoms with Crippen molar-refractivity contribution in [2.45, 2.75) is 12.5 Å². The Kier molecular flexibility index (Phi) is 5.74. The van der Waals surface area contributed by atoms with Crippen molar-refractivity contribution in [3.05, 3.63) is 53.5 Å². The molecule has 192 valence electrons. The van der Waals surface area contributed by atoms with E-state index >= 15 is 4.39 Å². The number of fused-ring (bicyclic) bond motifs is 1. The predicted octanol–water partition coefficient (Wildman–Crippen LogP) is 3.89. The summed E-state index contributed by atoms with van der Waals surface area (Å²) in [4.78, 5) is 19.0. The standard InChI is InChI=1S/C27H19FN8O2S/c1-3-36-14(9-13-7-8-32-18(30)10-13)12-38-26-20-23(34-27(37-2)35-25(20)36)21(28)22(33-26)15-5-4-6-17-19(15)16(11-29)24(31)39-17/h1,4-8,10,14H,9,12,31H2,2H3,(H2,30,32). The number of nitriles is 1. The molecule has 39 heavy (non-hydrogen) atoms. The lowest BCUT2D eigenvalue weighted by atomic mass is 10.0. The number of hydrogen-bond acceptors (Lipinski definition) is 11. The smallest absolute Gasteiger partial charge is 0.318 e. The number of aromatic nitrogens is 4. The van der Waals surface area contributed by atoms with Crippen LogP contribution in [0.15, 0.2) is 36.5 Å². The highest BCUT2D eigenvalue weighted by atomic mass is 32.1. The van der Waals surface area contributed by atoms with Gasteiger partial charge in [0.25, 0.3) is 0 Å². The second-order valence-electron chi connectivity index (χ2n) is 8.73. The van der Waals surface area contributed by atoms with Gasteiger partial charge in [0.1, 0.15) is 40.1 Å². The summed E-state index contributed by atoms with van der Waals surface area (Å²) in [5.74, 6) is -0.0304. The van der Waals surface area contributed by atoms with Crippen LogP contribution in [-0.4, -0.2) is 39.7 Å². The molecular weight excluding hydrogens is 519 g/mol. The number of hydrogen-bond donors (Lipinski definition) is 2. The molecule has 0 bridgehead atoms. The van der Waals surface area contributed by atoms with Gasteiger partial charge in [0.05, 0.1) is 18.7 Å². The third-order valence-electron chi connectivity index (χ3n) is 6.47. The van der Waals surface area contributed by atoms with E-state index in [1.54, 1.807) is 29.3 Å². The first-order valence-corrected chi connectivity index (χ1v) is 12.5. The van der Waals surface area contributed by atoms with E-state index in [1.807, 2.05) is 12.1 Å². The topological polar surface area (TPSA) is 149 Å². The van der Waals surface area contributed by atoms with Crippen LogP contribution in [0.1, 0.15) is 11.1 Å². The number of nitrogens with zero attached hydrogens (tertiary/aromatic N) is 6. The second-order valence-corrected chi connectivity index (χ2v) is 9.81. The third-order valence-corrected chi connectivity index (χ3v) is 7.45. The summed E-state index contributed by atoms with van der Waals surface area (Å²) in [7, 11) is 1.38. The van der Waals surface area contributed by atoms with Crippen molar-refractivity contribution in [1.82, 2.24) is 19.9 Å². The Hall–Kier alpha value is -5.20. The number of nitrogen functional groups attached to an aromatic ring is 2. The maximum atomic E-state index is 16.3. The zero-order valence-corrected chi connectivity index (χ0v) is 21.3. The number of terminal acetylenes is 1. The van der Waals surface area contributed by atoms with Gasteiger partial charge in [-0.2, -0.15) is 15.2 Å². The summed E-state index contributed by atoms with van der Waals surface area (Å²) >= 11 is 1.25. The van der Waals surface area contributed by atoms with Gasteiger partial charge in [0, 0.05) is 27.9 Å². The summed E-state index contributed by atoms with van der Waals surface area (Å²) < 4.78 is 28.6. The monoisotopic (exact) mass is 538 g/mol. The third kappa shape index (κ3) is 3.86. The molecule has 0 aliphatic carbocycles. The number of methoxy groups -OCH3 is 1. The molecule has 4 N–H and O–H groups in total. The molecule has 10 nitrogen and oxygen atoms in total. The minimum Gasteiger partial charge on any atom is -0.475 e. The summed E-state index contributed by atoms with van der Waals surface area (Å²) in [5, 5.41) is 10.8. The van der Waals surface area contributed by atoms with Gasteiger partial charge in [-0.3, -0.25) is 4.90 Å². The Morgan fingerprint density at radius 3 is 2.85 bits per heavy atom. The molecule has 0 amide bonds. The van der Waals surface area contributed by atoms with Crippen molar-refractivity contribution < 1.29 is 13.9 Å². The van der Waals surface area contributed by atoms with Crippen LogP contribution in [0.3, 0.4) is 0 Å². The van der Waals surface area contributed by atoms with Gasteiger partial charge in [0.15, 0.2) is 11.6 Å². The summed E-state index contributed by atoms with van der Waals surface area (Å²) in [6.45, 7) is 0.108. The van der Waals surface area contributed by atoms with Crippen molar-refractivity contribution >= 4 is 49.0 Å². The number of thiophene rings is 1. The van der Waals surface area contributed by atoms with E-state index in [-0.39, 0.29) is 46.5 Å². The minimum absolute atomic E-state index is 0.0447. The number of rotatable bonds is 4. The normalized spacial score (nSPS) is 14.5. The largest absolute Gasteiger partial charge is 0.475 e. The molecule has 1 aliphatic rings. The van der Waals surface area contributed by atoms with Crippen LogP contribution in [-0.2, 0) is 6.42 Å². The van der Waals surface area contributed by atoms with E-state index in [0.717, 1.165) is 10.3 Å². The van der Waals surface area contributed by atoms with Crippen LogP contribution in [0.4, 0.5) is 21.0 Å². The molecule has 0 saturated heterocycles. The zero-order valence-electron chi connectivity index (χ0n) is 20.5. The number of pyridine rings is 2. The molecular formula is C27H19FN8O2S. The first kappa shape index (κ1) is 24.2. The Morgan fingerprint density at radius 2 is 2.10 bits per heavy atom. The zero-order chi connectivity index (χ0) is 27.3. The van der Waals surface area contributed by atoms with Gasteiger partial charge in [-0.05, 0) is 30.2 Å². The maximum absolute atomic E-state index is 16.3. The minimum atomic E-state index is -0.738. The van der Waals surface area contributed by atoms with Crippen LogP contribution in [0.2, 0.25) is 0 Å². The van der Waals surface area contributed by atoms with Gasteiger partial charge < -0.3 is 20.9 Å². The molecule has 1 aromatic carbocycles. The van der Waals surface area contributed by atoms with Crippen molar-refractivity contribution in [3.8, 4) is 41.7 Å². The van der Waals surface area contributed by atoms with Gasteiger partial charge >= 0.3 is 6.01 Å². The van der Waals surface area contributed by atoms with Gasteiger partial charge in [0.2, 0.25) is 5.88 Å². The fraction of sp³-hybridized carbons (Fsp3) is 0.148. The maximum Gasteiger partial charge on any atom is 0.318 e. The van der Waals surface area contributed by atoms with E-state index in [2.05, 4.69) is 32.0 Å². The van der Waals surface area contributed by atoms with Crippen molar-refractivity contribution in [1.29, 1.82) is 5.26 Å². The molecule has 4 aromatic heterocycles. The Morgan fingerprint density at radius 1 is 1.26 bits per heavy atom. The van der Waals surface area contributed by atoms with Crippen molar-refractivity contribution in [2.75, 3.05) is 30.1 Å². The molecule has 0 spiro atoms. The van der Waals surface area contributed by atoms with Crippen LogP contribution < -0.4 is 25.8 Å². The molecule has 0 saturated carbocycles. The first-order chi connectivity index (χ1) is 18.9. The molecule has 0 radical (unpaired) electrons. The first-order valence-electron chi connectivity index (χ1n) is 11.7. The van der Waals surface area contributed by atoms with Crippen LogP contribution in [0, 0.1) is 29.6 Å². The SMILES string of the molecule is C#CN1c2nc(OC)nc3c(F)c(-c4cccc5sc(N)c(C#N)c45)nc(c23)OCC1Cc1ccnc(N)c1.